The number of rotatable bonds is 10. The van der Waals surface area contributed by atoms with Crippen molar-refractivity contribution >= 4 is 23.8 Å². The Morgan fingerprint density at radius 1 is 0.973 bits per heavy atom. The zero-order chi connectivity index (χ0) is 25.9. The molecule has 0 spiro atoms. The van der Waals surface area contributed by atoms with Crippen molar-refractivity contribution in [1.82, 2.24) is 10.2 Å². The third kappa shape index (κ3) is 8.29. The van der Waals surface area contributed by atoms with E-state index in [9.17, 15) is 9.59 Å². The molecule has 1 N–H and O–H groups in total. The Balaban J connectivity index is 1.37. The molecule has 2 amide bonds. The van der Waals surface area contributed by atoms with Crippen LogP contribution in [-0.2, 0) is 22.6 Å². The number of thioether (sulfide) groups is 1. The van der Waals surface area contributed by atoms with Crippen LogP contribution in [0.3, 0.4) is 0 Å². The molecule has 1 saturated heterocycles. The monoisotopic (exact) mass is 518 g/mol. The maximum absolute atomic E-state index is 13.2. The summed E-state index contributed by atoms with van der Waals surface area (Å²) in [5.74, 6) is 1.75. The minimum absolute atomic E-state index is 0.0470. The second kappa shape index (κ2) is 13.7. The van der Waals surface area contributed by atoms with Gasteiger partial charge in [-0.3, -0.25) is 4.79 Å². The van der Waals surface area contributed by atoms with Crippen molar-refractivity contribution in [2.24, 2.45) is 0 Å². The van der Waals surface area contributed by atoms with Gasteiger partial charge in [0.05, 0.1) is 7.11 Å². The first-order chi connectivity index (χ1) is 18.1. The summed E-state index contributed by atoms with van der Waals surface area (Å²) >= 11 is 1.75. The van der Waals surface area contributed by atoms with Crippen LogP contribution in [0.25, 0.3) is 0 Å². The van der Waals surface area contributed by atoms with Crippen molar-refractivity contribution in [1.29, 1.82) is 0 Å². The maximum Gasteiger partial charge on any atom is 0.407 e. The second-order valence-electron chi connectivity index (χ2n) is 9.15. The van der Waals surface area contributed by atoms with Crippen LogP contribution in [0, 0.1) is 0 Å². The van der Waals surface area contributed by atoms with Crippen LogP contribution in [0.4, 0.5) is 4.79 Å². The number of benzene rings is 3. The van der Waals surface area contributed by atoms with E-state index in [0.29, 0.717) is 25.8 Å². The van der Waals surface area contributed by atoms with Gasteiger partial charge in [0.1, 0.15) is 12.4 Å². The molecule has 3 aromatic carbocycles. The number of nitrogens with one attached hydrogen (secondary N) is 1. The molecule has 0 saturated carbocycles. The molecule has 0 bridgehead atoms. The van der Waals surface area contributed by atoms with E-state index in [4.69, 9.17) is 9.47 Å². The third-order valence-electron chi connectivity index (χ3n) is 6.54. The van der Waals surface area contributed by atoms with Gasteiger partial charge in [-0.05, 0) is 54.7 Å². The molecule has 1 aliphatic rings. The van der Waals surface area contributed by atoms with Crippen LogP contribution < -0.4 is 10.1 Å². The Hall–Kier alpha value is -3.45. The molecule has 1 heterocycles. The number of methoxy groups -OCH3 is 1. The van der Waals surface area contributed by atoms with E-state index >= 15 is 0 Å². The lowest BCUT2D eigenvalue weighted by atomic mass is 10.1. The lowest BCUT2D eigenvalue weighted by Crippen LogP contribution is -2.43. The van der Waals surface area contributed by atoms with Gasteiger partial charge in [-0.1, -0.05) is 60.7 Å². The first-order valence-electron chi connectivity index (χ1n) is 12.7. The summed E-state index contributed by atoms with van der Waals surface area (Å²) in [7, 11) is 1.66. The Labute approximate surface area is 223 Å². The van der Waals surface area contributed by atoms with Crippen LogP contribution >= 0.6 is 11.8 Å². The first-order valence-corrected chi connectivity index (χ1v) is 13.7. The summed E-state index contributed by atoms with van der Waals surface area (Å²) in [6.07, 6.45) is 2.06. The molecule has 0 radical (unpaired) electrons. The van der Waals surface area contributed by atoms with Gasteiger partial charge in [-0.25, -0.2) is 4.79 Å². The molecule has 0 aromatic heterocycles. The zero-order valence-corrected chi connectivity index (χ0v) is 22.0. The average Bonchev–Trinajstić information content (AvgIpc) is 3.12. The topological polar surface area (TPSA) is 67.9 Å². The number of hydrogen-bond donors (Lipinski definition) is 1. The van der Waals surface area contributed by atoms with E-state index < -0.39 is 6.09 Å². The summed E-state index contributed by atoms with van der Waals surface area (Å²) in [5.41, 5.74) is 2.15. The fourth-order valence-corrected chi connectivity index (χ4v) is 5.49. The molecular formula is C30H34N2O4S. The van der Waals surface area contributed by atoms with E-state index in [2.05, 4.69) is 17.4 Å². The molecule has 7 heteroatoms. The molecule has 194 valence electrons. The van der Waals surface area contributed by atoms with E-state index in [1.807, 2.05) is 77.7 Å². The van der Waals surface area contributed by atoms with Gasteiger partial charge in [-0.2, -0.15) is 0 Å². The maximum atomic E-state index is 13.2. The number of ether oxygens (including phenoxy) is 2. The molecule has 2 atom stereocenters. The van der Waals surface area contributed by atoms with Crippen LogP contribution in [0.15, 0.2) is 89.8 Å². The molecule has 0 unspecified atom stereocenters. The van der Waals surface area contributed by atoms with Gasteiger partial charge in [0.15, 0.2) is 0 Å². The number of carbonyl (C=O) groups excluding carboxylic acids is 2. The molecule has 6 nitrogen and oxygen atoms in total. The van der Waals surface area contributed by atoms with E-state index in [1.165, 1.54) is 5.56 Å². The van der Waals surface area contributed by atoms with Crippen molar-refractivity contribution in [3.8, 4) is 5.75 Å². The number of alkyl carbamates (subject to hydrolysis) is 1. The number of hydrogen-bond acceptors (Lipinski definition) is 5. The Kier molecular flexibility index (Phi) is 9.89. The van der Waals surface area contributed by atoms with Crippen molar-refractivity contribution < 1.29 is 19.1 Å². The largest absolute Gasteiger partial charge is 0.497 e. The normalized spacial score (nSPS) is 16.5. The molecule has 0 aliphatic carbocycles. The van der Waals surface area contributed by atoms with E-state index in [-0.39, 0.29) is 24.6 Å². The number of likely N-dealkylation sites (tertiary alicyclic amines) is 1. The molecule has 1 fully saturated rings. The minimum atomic E-state index is -0.439. The van der Waals surface area contributed by atoms with Gasteiger partial charge >= 0.3 is 6.09 Å². The van der Waals surface area contributed by atoms with Gasteiger partial charge < -0.3 is 19.7 Å². The zero-order valence-electron chi connectivity index (χ0n) is 21.2. The smallest absolute Gasteiger partial charge is 0.407 e. The van der Waals surface area contributed by atoms with Crippen molar-refractivity contribution in [3.63, 3.8) is 0 Å². The highest BCUT2D eigenvalue weighted by Crippen LogP contribution is 2.26. The van der Waals surface area contributed by atoms with Crippen molar-refractivity contribution in [3.05, 3.63) is 96.1 Å². The van der Waals surface area contributed by atoms with Gasteiger partial charge in [0.2, 0.25) is 5.91 Å². The second-order valence-corrected chi connectivity index (χ2v) is 10.2. The minimum Gasteiger partial charge on any atom is -0.497 e. The molecule has 1 aliphatic heterocycles. The summed E-state index contributed by atoms with van der Waals surface area (Å²) in [5, 5.41) is 2.97. The van der Waals surface area contributed by atoms with Crippen molar-refractivity contribution in [2.75, 3.05) is 19.4 Å². The van der Waals surface area contributed by atoms with E-state index in [1.54, 1.807) is 18.9 Å². The Bertz CT molecular complexity index is 1130. The van der Waals surface area contributed by atoms with Crippen LogP contribution in [0.5, 0.6) is 5.75 Å². The summed E-state index contributed by atoms with van der Waals surface area (Å²) in [6.45, 7) is 0.829. The summed E-state index contributed by atoms with van der Waals surface area (Å²) in [4.78, 5) is 28.8. The van der Waals surface area contributed by atoms with Gasteiger partial charge in [-0.15, -0.1) is 11.8 Å². The molecular weight excluding hydrogens is 484 g/mol. The lowest BCUT2D eigenvalue weighted by molar-refractivity contribution is -0.132. The van der Waals surface area contributed by atoms with Gasteiger partial charge in [0, 0.05) is 35.7 Å². The fraction of sp³-hybridized carbons (Fsp3) is 0.333. The quantitative estimate of drug-likeness (QED) is 0.349. The predicted octanol–water partition coefficient (Wildman–Crippen LogP) is 5.71. The highest BCUT2D eigenvalue weighted by Gasteiger charge is 2.29. The average molecular weight is 519 g/mol. The number of amides is 2. The Morgan fingerprint density at radius 3 is 2.32 bits per heavy atom. The molecule has 37 heavy (non-hydrogen) atoms. The van der Waals surface area contributed by atoms with Crippen LogP contribution in [0.1, 0.15) is 30.4 Å². The Morgan fingerprint density at radius 2 is 1.65 bits per heavy atom. The third-order valence-corrected chi connectivity index (χ3v) is 7.69. The predicted molar refractivity (Wildman–Crippen MR) is 147 cm³/mol. The first kappa shape index (κ1) is 26.6. The summed E-state index contributed by atoms with van der Waals surface area (Å²) < 4.78 is 10.7. The SMILES string of the molecule is COc1ccc(SC[C@H](Cc2ccccc2)N2CC[C@@H](NC(=O)OCc3ccccc3)CCC2=O)cc1. The van der Waals surface area contributed by atoms with E-state index in [0.717, 1.165) is 28.4 Å². The number of carbonyl (C=O) groups is 2. The van der Waals surface area contributed by atoms with Crippen LogP contribution in [0.2, 0.25) is 0 Å². The lowest BCUT2D eigenvalue weighted by Gasteiger charge is -2.31. The summed E-state index contributed by atoms with van der Waals surface area (Å²) in [6, 6.07) is 27.9. The van der Waals surface area contributed by atoms with Crippen LogP contribution in [-0.4, -0.2) is 48.4 Å². The highest BCUT2D eigenvalue weighted by atomic mass is 32.2. The highest BCUT2D eigenvalue weighted by molar-refractivity contribution is 7.99. The molecule has 4 rings (SSSR count). The number of nitrogens with zero attached hydrogens (tertiary/aromatic N) is 1. The standard InChI is InChI=1S/C30H34N2O4S/c1-35-27-13-15-28(16-14-27)37-22-26(20-23-8-4-2-5-9-23)32-19-18-25(12-17-29(32)33)31-30(34)36-21-24-10-6-3-7-11-24/h2-11,13-16,25-26H,12,17-22H2,1H3,(H,31,34)/t25-,26-/m0/s1. The molecule has 3 aromatic rings. The van der Waals surface area contributed by atoms with Crippen molar-refractivity contribution in [2.45, 2.75) is 49.3 Å². The fourth-order valence-electron chi connectivity index (χ4n) is 4.48. The van der Waals surface area contributed by atoms with Gasteiger partial charge in [0.25, 0.3) is 0 Å².